The van der Waals surface area contributed by atoms with Crippen LogP contribution >= 0.6 is 0 Å². The number of hydrogen-bond donors (Lipinski definition) is 2. The lowest BCUT2D eigenvalue weighted by Gasteiger charge is -2.40. The number of H-pyrrole nitrogens is 2. The number of piperidine rings is 1. The normalized spacial score (nSPS) is 25.6. The molecule has 4 fully saturated rings. The van der Waals surface area contributed by atoms with E-state index in [1.54, 1.807) is 18.2 Å². The van der Waals surface area contributed by atoms with Gasteiger partial charge in [-0.25, -0.2) is 0 Å². The van der Waals surface area contributed by atoms with Crippen LogP contribution in [0.2, 0.25) is 0 Å². The number of carbonyl (C=O) groups is 1. The Morgan fingerprint density at radius 1 is 0.964 bits per heavy atom. The number of carbonyl (C=O) groups excluding carboxylic acids is 1. The molecule has 7 nitrogen and oxygen atoms in total. The molecule has 3 saturated heterocycles. The lowest BCUT2D eigenvalue weighted by atomic mass is 9.83. The van der Waals surface area contributed by atoms with Gasteiger partial charge in [-0.05, 0) is 55.7 Å². The summed E-state index contributed by atoms with van der Waals surface area (Å²) >= 11 is 0. The molecule has 1 aliphatic carbocycles. The Hall–Kier alpha value is -2.41. The highest BCUT2D eigenvalue weighted by Crippen LogP contribution is 2.33. The second-order valence-corrected chi connectivity index (χ2v) is 8.73. The van der Waals surface area contributed by atoms with Crippen LogP contribution in [0.15, 0.2) is 27.8 Å². The van der Waals surface area contributed by atoms with Crippen LogP contribution in [-0.2, 0) is 0 Å². The molecule has 7 heteroatoms. The average Bonchev–Trinajstić information content (AvgIpc) is 2.96. The SMILES string of the molecule is O=C(c1ccc2[nH]c(=O)c(=O)[nH]c2c1)N1C[C@@H]2CC[C@H](C1)N(CC1CCC1)C2. The van der Waals surface area contributed by atoms with E-state index in [0.29, 0.717) is 28.6 Å². The lowest BCUT2D eigenvalue weighted by molar-refractivity contribution is 0.0717. The van der Waals surface area contributed by atoms with Crippen molar-refractivity contribution in [2.24, 2.45) is 11.8 Å². The van der Waals surface area contributed by atoms with Crippen LogP contribution in [0.25, 0.3) is 11.0 Å². The highest BCUT2D eigenvalue weighted by molar-refractivity contribution is 5.97. The van der Waals surface area contributed by atoms with Gasteiger partial charge in [0.25, 0.3) is 5.91 Å². The first-order valence-electron chi connectivity index (χ1n) is 10.4. The van der Waals surface area contributed by atoms with Gasteiger partial charge in [-0.15, -0.1) is 0 Å². The number of fused-ring (bicyclic) bond motifs is 5. The number of rotatable bonds is 3. The highest BCUT2D eigenvalue weighted by Gasteiger charge is 2.37. The first-order valence-corrected chi connectivity index (χ1v) is 10.4. The van der Waals surface area contributed by atoms with Crippen molar-refractivity contribution < 1.29 is 4.79 Å². The zero-order valence-corrected chi connectivity index (χ0v) is 15.9. The predicted molar refractivity (Wildman–Crippen MR) is 107 cm³/mol. The monoisotopic (exact) mass is 382 g/mol. The molecule has 2 N–H and O–H groups in total. The van der Waals surface area contributed by atoms with Gasteiger partial charge in [0, 0.05) is 37.8 Å². The van der Waals surface area contributed by atoms with Crippen molar-refractivity contribution in [3.63, 3.8) is 0 Å². The van der Waals surface area contributed by atoms with E-state index in [-0.39, 0.29) is 5.91 Å². The van der Waals surface area contributed by atoms with Crippen LogP contribution in [0, 0.1) is 11.8 Å². The lowest BCUT2D eigenvalue weighted by Crippen LogP contribution is -2.47. The maximum atomic E-state index is 13.2. The van der Waals surface area contributed by atoms with Gasteiger partial charge in [0.05, 0.1) is 11.0 Å². The van der Waals surface area contributed by atoms with E-state index < -0.39 is 11.1 Å². The molecule has 28 heavy (non-hydrogen) atoms. The topological polar surface area (TPSA) is 89.3 Å². The van der Waals surface area contributed by atoms with E-state index in [2.05, 4.69) is 14.9 Å². The maximum absolute atomic E-state index is 13.2. The molecule has 6 rings (SSSR count). The number of amides is 1. The zero-order chi connectivity index (χ0) is 19.3. The fraction of sp³-hybridized carbons (Fsp3) is 0.571. The number of benzene rings is 1. The van der Waals surface area contributed by atoms with Crippen molar-refractivity contribution in [3.05, 3.63) is 44.5 Å². The van der Waals surface area contributed by atoms with Crippen LogP contribution in [0.1, 0.15) is 42.5 Å². The van der Waals surface area contributed by atoms with Gasteiger partial charge < -0.3 is 14.9 Å². The second-order valence-electron chi connectivity index (χ2n) is 8.73. The quantitative estimate of drug-likeness (QED) is 0.789. The van der Waals surface area contributed by atoms with Crippen LogP contribution in [0.3, 0.4) is 0 Å². The molecule has 4 heterocycles. The molecule has 3 aliphatic heterocycles. The summed E-state index contributed by atoms with van der Waals surface area (Å²) in [6.45, 7) is 3.88. The number of hydrogen-bond acceptors (Lipinski definition) is 4. The Morgan fingerprint density at radius 3 is 2.50 bits per heavy atom. The molecule has 2 bridgehead atoms. The standard InChI is InChI=1S/C21H26N4O3/c26-19-20(27)23-18-8-15(5-7-17(18)22-19)21(28)25-11-14-4-6-16(12-25)24(10-14)9-13-2-1-3-13/h5,7-8,13-14,16H,1-4,6,9-12H2,(H,22,26)(H,23,27)/t14-,16-/m1/s1. The molecule has 0 radical (unpaired) electrons. The molecule has 1 aromatic heterocycles. The molecule has 1 aromatic carbocycles. The molecular weight excluding hydrogens is 356 g/mol. The molecule has 2 aromatic rings. The molecule has 0 spiro atoms. The van der Waals surface area contributed by atoms with Gasteiger partial charge in [0.1, 0.15) is 0 Å². The predicted octanol–water partition coefficient (Wildman–Crippen LogP) is 1.55. The van der Waals surface area contributed by atoms with Gasteiger partial charge in [-0.1, -0.05) is 6.42 Å². The fourth-order valence-corrected chi connectivity index (χ4v) is 5.01. The molecule has 2 atom stereocenters. The second kappa shape index (κ2) is 6.88. The van der Waals surface area contributed by atoms with E-state index in [4.69, 9.17) is 0 Å². The fourth-order valence-electron chi connectivity index (χ4n) is 5.01. The van der Waals surface area contributed by atoms with E-state index in [1.807, 2.05) is 4.90 Å². The summed E-state index contributed by atoms with van der Waals surface area (Å²) in [6, 6.07) is 5.56. The maximum Gasteiger partial charge on any atom is 0.314 e. The average molecular weight is 382 g/mol. The van der Waals surface area contributed by atoms with Crippen molar-refractivity contribution in [3.8, 4) is 0 Å². The molecular formula is C21H26N4O3. The Bertz CT molecular complexity index is 1020. The van der Waals surface area contributed by atoms with Crippen molar-refractivity contribution in [2.45, 2.75) is 38.1 Å². The first kappa shape index (κ1) is 17.7. The summed E-state index contributed by atoms with van der Waals surface area (Å²) in [5.41, 5.74) is 0.199. The zero-order valence-electron chi connectivity index (χ0n) is 15.9. The summed E-state index contributed by atoms with van der Waals surface area (Å²) in [5, 5.41) is 0. The Kier molecular flexibility index (Phi) is 4.34. The largest absolute Gasteiger partial charge is 0.337 e. The number of aromatic amines is 2. The first-order chi connectivity index (χ1) is 13.6. The highest BCUT2D eigenvalue weighted by atomic mass is 16.2. The molecule has 148 valence electrons. The van der Waals surface area contributed by atoms with Gasteiger partial charge >= 0.3 is 11.1 Å². The van der Waals surface area contributed by atoms with E-state index in [0.717, 1.165) is 25.6 Å². The number of nitrogens with one attached hydrogen (secondary N) is 2. The Balaban J connectivity index is 1.37. The van der Waals surface area contributed by atoms with Crippen molar-refractivity contribution >= 4 is 16.9 Å². The third-order valence-electron chi connectivity index (χ3n) is 6.80. The summed E-state index contributed by atoms with van der Waals surface area (Å²) in [4.78, 5) is 46.0. The Morgan fingerprint density at radius 2 is 1.75 bits per heavy atom. The minimum atomic E-state index is -0.698. The van der Waals surface area contributed by atoms with Gasteiger partial charge in [0.15, 0.2) is 0 Å². The summed E-state index contributed by atoms with van der Waals surface area (Å²) in [7, 11) is 0. The minimum absolute atomic E-state index is 0.0105. The number of nitrogens with zero attached hydrogens (tertiary/aromatic N) is 2. The van der Waals surface area contributed by atoms with Crippen LogP contribution in [0.4, 0.5) is 0 Å². The van der Waals surface area contributed by atoms with Gasteiger partial charge in [-0.3, -0.25) is 19.3 Å². The molecule has 1 saturated carbocycles. The van der Waals surface area contributed by atoms with Crippen LogP contribution in [0.5, 0.6) is 0 Å². The third-order valence-corrected chi connectivity index (χ3v) is 6.80. The Labute approximate surface area is 162 Å². The number of aromatic nitrogens is 2. The minimum Gasteiger partial charge on any atom is -0.337 e. The van der Waals surface area contributed by atoms with E-state index in [1.165, 1.54) is 38.6 Å². The van der Waals surface area contributed by atoms with Gasteiger partial charge in [-0.2, -0.15) is 0 Å². The van der Waals surface area contributed by atoms with Crippen molar-refractivity contribution in [1.82, 2.24) is 19.8 Å². The van der Waals surface area contributed by atoms with Gasteiger partial charge in [0.2, 0.25) is 0 Å². The van der Waals surface area contributed by atoms with E-state index in [9.17, 15) is 14.4 Å². The smallest absolute Gasteiger partial charge is 0.314 e. The van der Waals surface area contributed by atoms with E-state index >= 15 is 0 Å². The summed E-state index contributed by atoms with van der Waals surface area (Å²) in [6.07, 6.45) is 6.45. The van der Waals surface area contributed by atoms with Crippen LogP contribution in [-0.4, -0.2) is 57.9 Å². The third kappa shape index (κ3) is 3.17. The van der Waals surface area contributed by atoms with Crippen molar-refractivity contribution in [2.75, 3.05) is 26.2 Å². The summed E-state index contributed by atoms with van der Waals surface area (Å²) in [5.74, 6) is 1.40. The summed E-state index contributed by atoms with van der Waals surface area (Å²) < 4.78 is 0. The van der Waals surface area contributed by atoms with Crippen molar-refractivity contribution in [1.29, 1.82) is 0 Å². The molecule has 4 aliphatic rings. The molecule has 0 unspecified atom stereocenters. The van der Waals surface area contributed by atoms with Crippen LogP contribution < -0.4 is 11.1 Å². The molecule has 1 amide bonds.